The summed E-state index contributed by atoms with van der Waals surface area (Å²) in [7, 11) is 0. The Hall–Kier alpha value is -1.24. The van der Waals surface area contributed by atoms with E-state index < -0.39 is 6.10 Å². The van der Waals surface area contributed by atoms with Crippen molar-refractivity contribution in [3.8, 4) is 0 Å². The summed E-state index contributed by atoms with van der Waals surface area (Å²) in [5.41, 5.74) is 0.554. The van der Waals surface area contributed by atoms with E-state index in [0.717, 1.165) is 19.0 Å². The van der Waals surface area contributed by atoms with Gasteiger partial charge in [0.15, 0.2) is 5.78 Å². The minimum atomic E-state index is -0.565. The number of carbonyl (C=O) groups is 2. The Bertz CT molecular complexity index is 521. The molecular formula is C16H24N2O3S. The van der Waals surface area contributed by atoms with Gasteiger partial charge >= 0.3 is 0 Å². The minimum Gasteiger partial charge on any atom is -0.390 e. The summed E-state index contributed by atoms with van der Waals surface area (Å²) < 4.78 is 0. The number of piperidine rings is 1. The van der Waals surface area contributed by atoms with Crippen LogP contribution in [0.2, 0.25) is 0 Å². The van der Waals surface area contributed by atoms with Crippen LogP contribution in [0.1, 0.15) is 46.7 Å². The first-order chi connectivity index (χ1) is 10.5. The number of likely N-dealkylation sites (tertiary alicyclic amines) is 1. The lowest BCUT2D eigenvalue weighted by molar-refractivity contribution is 0.0797. The lowest BCUT2D eigenvalue weighted by Crippen LogP contribution is -2.42. The lowest BCUT2D eigenvalue weighted by atomic mass is 9.99. The summed E-state index contributed by atoms with van der Waals surface area (Å²) in [4.78, 5) is 26.0. The summed E-state index contributed by atoms with van der Waals surface area (Å²) >= 11 is 1.25. The maximum atomic E-state index is 12.0. The van der Waals surface area contributed by atoms with Gasteiger partial charge in [-0.05, 0) is 44.8 Å². The molecule has 122 valence electrons. The Morgan fingerprint density at radius 1 is 1.45 bits per heavy atom. The van der Waals surface area contributed by atoms with Crippen molar-refractivity contribution in [3.63, 3.8) is 0 Å². The number of hydrogen-bond acceptors (Lipinski definition) is 5. The van der Waals surface area contributed by atoms with Crippen molar-refractivity contribution in [3.05, 3.63) is 21.9 Å². The fourth-order valence-corrected chi connectivity index (χ4v) is 3.41. The number of β-amino-alcohol motifs (C(OH)–C–C–N with tert-alkyl or cyclic N) is 1. The first kappa shape index (κ1) is 17.1. The van der Waals surface area contributed by atoms with Gasteiger partial charge in [0.05, 0.1) is 11.0 Å². The molecule has 1 fully saturated rings. The monoisotopic (exact) mass is 324 g/mol. The minimum absolute atomic E-state index is 0.0466. The highest BCUT2D eigenvalue weighted by atomic mass is 32.1. The van der Waals surface area contributed by atoms with E-state index in [2.05, 4.69) is 17.1 Å². The molecule has 0 aliphatic carbocycles. The van der Waals surface area contributed by atoms with E-state index in [4.69, 9.17) is 0 Å². The number of amides is 1. The number of nitrogens with zero attached hydrogens (tertiary/aromatic N) is 1. The molecule has 1 aliphatic heterocycles. The second-order valence-corrected chi connectivity index (χ2v) is 7.01. The Morgan fingerprint density at radius 3 is 2.73 bits per heavy atom. The number of thiophene rings is 1. The number of ketones is 1. The van der Waals surface area contributed by atoms with Gasteiger partial charge in [-0.15, -0.1) is 11.3 Å². The molecule has 0 saturated carbocycles. The molecule has 5 nitrogen and oxygen atoms in total. The summed E-state index contributed by atoms with van der Waals surface area (Å²) in [6, 6.07) is 1.60. The summed E-state index contributed by atoms with van der Waals surface area (Å²) in [6.45, 7) is 6.59. The van der Waals surface area contributed by atoms with Crippen LogP contribution < -0.4 is 5.32 Å². The van der Waals surface area contributed by atoms with Crippen LogP contribution in [0.4, 0.5) is 0 Å². The summed E-state index contributed by atoms with van der Waals surface area (Å²) in [6.07, 6.45) is 1.77. The van der Waals surface area contributed by atoms with Crippen molar-refractivity contribution in [2.24, 2.45) is 5.92 Å². The Kier molecular flexibility index (Phi) is 6.11. The third kappa shape index (κ3) is 4.90. The van der Waals surface area contributed by atoms with Crippen molar-refractivity contribution in [1.29, 1.82) is 0 Å². The van der Waals surface area contributed by atoms with E-state index in [1.54, 1.807) is 11.4 Å². The molecule has 2 rings (SSSR count). The predicted molar refractivity (Wildman–Crippen MR) is 87.5 cm³/mol. The van der Waals surface area contributed by atoms with E-state index in [1.807, 2.05) is 0 Å². The van der Waals surface area contributed by atoms with Crippen LogP contribution >= 0.6 is 11.3 Å². The van der Waals surface area contributed by atoms with Gasteiger partial charge < -0.3 is 15.3 Å². The van der Waals surface area contributed by atoms with Gasteiger partial charge in [-0.25, -0.2) is 0 Å². The van der Waals surface area contributed by atoms with Crippen LogP contribution in [-0.4, -0.2) is 54.0 Å². The summed E-state index contributed by atoms with van der Waals surface area (Å²) in [5, 5.41) is 14.5. The molecule has 0 spiro atoms. The topological polar surface area (TPSA) is 69.6 Å². The first-order valence-corrected chi connectivity index (χ1v) is 8.61. The van der Waals surface area contributed by atoms with Gasteiger partial charge in [0.2, 0.25) is 0 Å². The van der Waals surface area contributed by atoms with Crippen LogP contribution in [0, 0.1) is 5.92 Å². The van der Waals surface area contributed by atoms with Crippen LogP contribution in [0.25, 0.3) is 0 Å². The number of carbonyl (C=O) groups excluding carboxylic acids is 2. The molecule has 1 unspecified atom stereocenters. The third-order valence-electron chi connectivity index (χ3n) is 4.07. The van der Waals surface area contributed by atoms with Crippen LogP contribution in [0.5, 0.6) is 0 Å². The molecule has 6 heteroatoms. The summed E-state index contributed by atoms with van der Waals surface area (Å²) in [5.74, 6) is 0.487. The highest BCUT2D eigenvalue weighted by Gasteiger charge is 2.19. The number of aliphatic hydroxyl groups is 1. The molecule has 1 aromatic rings. The maximum Gasteiger partial charge on any atom is 0.261 e. The molecule has 2 heterocycles. The molecule has 1 amide bonds. The zero-order chi connectivity index (χ0) is 16.1. The second kappa shape index (κ2) is 7.85. The average molecular weight is 324 g/mol. The zero-order valence-corrected chi connectivity index (χ0v) is 14.0. The number of nitrogens with one attached hydrogen (secondary N) is 1. The molecule has 1 aromatic heterocycles. The molecule has 0 aromatic carbocycles. The molecule has 0 radical (unpaired) electrons. The molecule has 1 atom stereocenters. The maximum absolute atomic E-state index is 12.0. The Balaban J connectivity index is 1.74. The standard InChI is InChI=1S/C16H24N2O3S/c1-11-3-5-18(6-4-11)9-14(20)8-17-16(21)15-7-13(10-22-15)12(2)19/h7,10-11,14,20H,3-6,8-9H2,1-2H3,(H,17,21). The van der Waals surface area contributed by atoms with Gasteiger partial charge in [0.1, 0.15) is 0 Å². The molecule has 22 heavy (non-hydrogen) atoms. The number of aliphatic hydroxyl groups excluding tert-OH is 1. The fraction of sp³-hybridized carbons (Fsp3) is 0.625. The van der Waals surface area contributed by atoms with Crippen LogP contribution in [-0.2, 0) is 0 Å². The van der Waals surface area contributed by atoms with Crippen molar-refractivity contribution < 1.29 is 14.7 Å². The zero-order valence-electron chi connectivity index (χ0n) is 13.2. The van der Waals surface area contributed by atoms with E-state index in [-0.39, 0.29) is 18.2 Å². The van der Waals surface area contributed by atoms with Gasteiger partial charge in [-0.1, -0.05) is 6.92 Å². The smallest absolute Gasteiger partial charge is 0.261 e. The highest BCUT2D eigenvalue weighted by Crippen LogP contribution is 2.16. The highest BCUT2D eigenvalue weighted by molar-refractivity contribution is 7.12. The average Bonchev–Trinajstić information content (AvgIpc) is 2.97. The van der Waals surface area contributed by atoms with Crippen molar-refractivity contribution in [2.75, 3.05) is 26.2 Å². The molecule has 2 N–H and O–H groups in total. The second-order valence-electron chi connectivity index (χ2n) is 6.10. The van der Waals surface area contributed by atoms with E-state index in [1.165, 1.54) is 31.1 Å². The van der Waals surface area contributed by atoms with Crippen LogP contribution in [0.3, 0.4) is 0 Å². The Labute approximate surface area is 135 Å². The number of rotatable bonds is 6. The molecular weight excluding hydrogens is 300 g/mol. The van der Waals surface area contributed by atoms with Gasteiger partial charge in [0, 0.05) is 24.0 Å². The van der Waals surface area contributed by atoms with Crippen molar-refractivity contribution >= 4 is 23.0 Å². The van der Waals surface area contributed by atoms with Gasteiger partial charge in [0.25, 0.3) is 5.91 Å². The molecule has 1 aliphatic rings. The largest absolute Gasteiger partial charge is 0.390 e. The SMILES string of the molecule is CC(=O)c1csc(C(=O)NCC(O)CN2CCC(C)CC2)c1. The quantitative estimate of drug-likeness (QED) is 0.783. The van der Waals surface area contributed by atoms with Gasteiger partial charge in [-0.2, -0.15) is 0 Å². The molecule has 1 saturated heterocycles. The third-order valence-corrected chi connectivity index (χ3v) is 5.00. The Morgan fingerprint density at radius 2 is 2.14 bits per heavy atom. The van der Waals surface area contributed by atoms with Crippen LogP contribution in [0.15, 0.2) is 11.4 Å². The van der Waals surface area contributed by atoms with Crippen molar-refractivity contribution in [1.82, 2.24) is 10.2 Å². The number of Topliss-reactive ketones (excluding diaryl/α,β-unsaturated/α-hetero) is 1. The normalized spacial score (nSPS) is 18.1. The number of hydrogen-bond donors (Lipinski definition) is 2. The van der Waals surface area contributed by atoms with E-state index in [0.29, 0.717) is 17.0 Å². The lowest BCUT2D eigenvalue weighted by Gasteiger charge is -2.31. The first-order valence-electron chi connectivity index (χ1n) is 7.73. The van der Waals surface area contributed by atoms with Gasteiger partial charge in [-0.3, -0.25) is 9.59 Å². The van der Waals surface area contributed by atoms with Crippen molar-refractivity contribution in [2.45, 2.75) is 32.8 Å². The van der Waals surface area contributed by atoms with E-state index >= 15 is 0 Å². The fourth-order valence-electron chi connectivity index (χ4n) is 2.54. The molecule has 0 bridgehead atoms. The van der Waals surface area contributed by atoms with E-state index in [9.17, 15) is 14.7 Å². The predicted octanol–water partition coefficient (Wildman–Crippen LogP) is 1.77.